The first-order chi connectivity index (χ1) is 0. The van der Waals surface area contributed by atoms with Crippen LogP contribution in [0.5, 0.6) is 0 Å². The topological polar surface area (TPSA) is 142 Å². The Balaban J connectivity index is 0. The molecule has 0 unspecified atom stereocenters. The van der Waals surface area contributed by atoms with Crippen molar-refractivity contribution in [3.8, 4) is 0 Å². The summed E-state index contributed by atoms with van der Waals surface area (Å²) in [5, 5.41) is 0. The first-order valence-corrected chi connectivity index (χ1v) is 0. The molecule has 9 heavy (non-hydrogen) atoms. The van der Waals surface area contributed by atoms with Crippen LogP contribution in [0.15, 0.2) is 0 Å². The zero-order valence-corrected chi connectivity index (χ0v) is 9.42. The number of hydrogen-bond donors (Lipinski definition) is 0. The second-order valence-corrected chi connectivity index (χ2v) is 0. The Labute approximate surface area is 99.2 Å². The first-order valence-electron chi connectivity index (χ1n) is 0. The molecule has 0 spiro atoms. The van der Waals surface area contributed by atoms with Gasteiger partial charge in [0.25, 0.3) is 0 Å². The van der Waals surface area contributed by atoms with Crippen LogP contribution in [-0.4, -0.2) is 17.4 Å². The van der Waals surface area contributed by atoms with Gasteiger partial charge in [-0.25, -0.2) is 0 Å². The molecular formula is AlCoCrO5Pt. The SMILES string of the molecule is [Al+3].[Co+2].[Cr+3].[O-2].[O-2].[O-2].[O-2].[O-2].[Pt+2]. The third-order valence-corrected chi connectivity index (χ3v) is 0. The molecule has 0 saturated heterocycles. The van der Waals surface area contributed by atoms with Crippen LogP contribution >= 0.6 is 0 Å². The van der Waals surface area contributed by atoms with Gasteiger partial charge in [-0.2, -0.15) is 0 Å². The van der Waals surface area contributed by atoms with Gasteiger partial charge < -0.3 is 27.4 Å². The molecule has 58 valence electrons. The van der Waals surface area contributed by atoms with Crippen LogP contribution in [0.3, 0.4) is 0 Å². The molecule has 0 aromatic rings. The quantitative estimate of drug-likeness (QED) is 0.450. The Morgan fingerprint density at radius 1 is 0.556 bits per heavy atom. The predicted molar refractivity (Wildman–Crippen MR) is 9.19 cm³/mol. The molecular weight excluding hydrogens is 413 g/mol. The van der Waals surface area contributed by atoms with E-state index in [9.17, 15) is 0 Å². The maximum Gasteiger partial charge on any atom is 3.00 e. The molecule has 0 amide bonds. The van der Waals surface area contributed by atoms with Gasteiger partial charge in [0.1, 0.15) is 0 Å². The Morgan fingerprint density at radius 3 is 0.556 bits per heavy atom. The van der Waals surface area contributed by atoms with Crippen molar-refractivity contribution in [3.63, 3.8) is 0 Å². The first kappa shape index (κ1) is 264. The molecule has 0 bridgehead atoms. The Bertz CT molecular complexity index is 16.9. The van der Waals surface area contributed by atoms with E-state index in [0.717, 1.165) is 0 Å². The summed E-state index contributed by atoms with van der Waals surface area (Å²) in [4.78, 5) is 0. The van der Waals surface area contributed by atoms with E-state index in [1.807, 2.05) is 0 Å². The maximum absolute atomic E-state index is 0. The van der Waals surface area contributed by atoms with Gasteiger partial charge in [-0.15, -0.1) is 0 Å². The smallest absolute Gasteiger partial charge is 2.00 e. The van der Waals surface area contributed by atoms with Gasteiger partial charge in [0.15, 0.2) is 0 Å². The van der Waals surface area contributed by atoms with Crippen LogP contribution in [0.25, 0.3) is 0 Å². The van der Waals surface area contributed by atoms with Gasteiger partial charge in [-0.1, -0.05) is 0 Å². The summed E-state index contributed by atoms with van der Waals surface area (Å²) in [6.45, 7) is 0. The molecule has 0 fully saturated rings. The molecule has 2 radical (unpaired) electrons. The molecule has 0 N–H and O–H groups in total. The Morgan fingerprint density at radius 2 is 0.556 bits per heavy atom. The van der Waals surface area contributed by atoms with Crippen LogP contribution in [0, 0.1) is 0 Å². The third-order valence-electron chi connectivity index (χ3n) is 0. The molecule has 0 aromatic carbocycles. The van der Waals surface area contributed by atoms with Crippen molar-refractivity contribution < 1.29 is 82.6 Å². The summed E-state index contributed by atoms with van der Waals surface area (Å²) in [5.74, 6) is 0. The monoisotopic (exact) mass is 413 g/mol. The zero-order valence-electron chi connectivity index (χ0n) is 3.68. The number of hydrogen-bond acceptors (Lipinski definition) is 0. The molecule has 0 aliphatic carbocycles. The predicted octanol–water partition coefficient (Wildman–Crippen LogP) is -0.982. The van der Waals surface area contributed by atoms with Gasteiger partial charge >= 0.3 is 72.6 Å². The second-order valence-electron chi connectivity index (χ2n) is 0. The Hall–Kier alpha value is 2.06. The standard InChI is InChI=1S/Al.Co.Cr.5O.Pt/q+3;+2;+3;5*-2;+2. The van der Waals surface area contributed by atoms with E-state index in [4.69, 9.17) is 0 Å². The van der Waals surface area contributed by atoms with E-state index in [1.165, 1.54) is 0 Å². The summed E-state index contributed by atoms with van der Waals surface area (Å²) >= 11 is 0. The molecule has 0 aliphatic rings. The minimum absolute atomic E-state index is 0. The normalized spacial score (nSPS) is 0. The molecule has 0 atom stereocenters. The summed E-state index contributed by atoms with van der Waals surface area (Å²) in [6.07, 6.45) is 0. The fraction of sp³-hybridized carbons (Fsp3) is 0. The Kier molecular flexibility index (Phi) is 5700. The zero-order chi connectivity index (χ0) is 0. The molecule has 0 aliphatic heterocycles. The maximum atomic E-state index is 0. The number of rotatable bonds is 0. The average molecular weight is 413 g/mol. The molecule has 0 rings (SSSR count). The molecule has 0 saturated carbocycles. The van der Waals surface area contributed by atoms with Crippen molar-refractivity contribution in [1.82, 2.24) is 0 Å². The van der Waals surface area contributed by atoms with Crippen molar-refractivity contribution in [2.45, 2.75) is 0 Å². The van der Waals surface area contributed by atoms with Gasteiger partial charge in [-0.05, 0) is 0 Å². The van der Waals surface area contributed by atoms with E-state index in [1.54, 1.807) is 0 Å². The van der Waals surface area contributed by atoms with Gasteiger partial charge in [0, 0.05) is 0 Å². The van der Waals surface area contributed by atoms with E-state index in [2.05, 4.69) is 0 Å². The van der Waals surface area contributed by atoms with E-state index in [-0.39, 0.29) is 99.9 Å². The largest absolute Gasteiger partial charge is 3.00 e. The summed E-state index contributed by atoms with van der Waals surface area (Å²) in [5.41, 5.74) is 0. The molecule has 5 nitrogen and oxygen atoms in total. The van der Waals surface area contributed by atoms with Crippen molar-refractivity contribution in [3.05, 3.63) is 0 Å². The van der Waals surface area contributed by atoms with Crippen molar-refractivity contribution in [1.29, 1.82) is 0 Å². The van der Waals surface area contributed by atoms with Gasteiger partial charge in [0.2, 0.25) is 0 Å². The van der Waals surface area contributed by atoms with Crippen molar-refractivity contribution in [2.24, 2.45) is 0 Å². The van der Waals surface area contributed by atoms with Gasteiger partial charge in [0.05, 0.1) is 0 Å². The van der Waals surface area contributed by atoms with E-state index < -0.39 is 0 Å². The van der Waals surface area contributed by atoms with E-state index >= 15 is 0 Å². The van der Waals surface area contributed by atoms with Crippen molar-refractivity contribution >= 4 is 17.4 Å². The second kappa shape index (κ2) is 195. The van der Waals surface area contributed by atoms with E-state index in [0.29, 0.717) is 0 Å². The van der Waals surface area contributed by atoms with Crippen LogP contribution < -0.4 is 0 Å². The summed E-state index contributed by atoms with van der Waals surface area (Å²) in [6, 6.07) is 0. The fourth-order valence-corrected chi connectivity index (χ4v) is 0. The van der Waals surface area contributed by atoms with Crippen molar-refractivity contribution in [2.75, 3.05) is 0 Å². The minimum atomic E-state index is 0. The minimum Gasteiger partial charge on any atom is -2.00 e. The van der Waals surface area contributed by atoms with Gasteiger partial charge in [-0.3, -0.25) is 0 Å². The van der Waals surface area contributed by atoms with Crippen LogP contribution in [0.2, 0.25) is 0 Å². The molecule has 9 heteroatoms. The van der Waals surface area contributed by atoms with Crippen LogP contribution in [0.1, 0.15) is 0 Å². The third kappa shape index (κ3) is 154. The summed E-state index contributed by atoms with van der Waals surface area (Å²) in [7, 11) is 0. The fourth-order valence-electron chi connectivity index (χ4n) is 0. The van der Waals surface area contributed by atoms with Crippen LogP contribution in [0.4, 0.5) is 0 Å². The summed E-state index contributed by atoms with van der Waals surface area (Å²) < 4.78 is 0. The van der Waals surface area contributed by atoms with Crippen LogP contribution in [-0.2, 0) is 82.6 Å². The molecule has 0 heterocycles. The average Bonchev–Trinajstić information content (AvgIpc) is 0. The molecule has 0 aromatic heterocycles.